The fraction of sp³-hybridized carbons (Fsp3) is 0.231. The van der Waals surface area contributed by atoms with Gasteiger partial charge in [0.2, 0.25) is 0 Å². The van der Waals surface area contributed by atoms with Crippen LogP contribution in [0.4, 0.5) is 22.0 Å². The van der Waals surface area contributed by atoms with Crippen LogP contribution in [-0.2, 0) is 12.8 Å². The van der Waals surface area contributed by atoms with Crippen LogP contribution in [-0.4, -0.2) is 0 Å². The third-order valence-corrected chi connectivity index (χ3v) is 8.74. The van der Waals surface area contributed by atoms with Crippen molar-refractivity contribution < 1.29 is 22.0 Å². The second-order valence-electron chi connectivity index (χ2n) is 11.5. The van der Waals surface area contributed by atoms with Crippen molar-refractivity contribution in [2.24, 2.45) is 0 Å². The van der Waals surface area contributed by atoms with Crippen LogP contribution in [0.1, 0.15) is 56.1 Å². The Bertz CT molecular complexity index is 1750. The van der Waals surface area contributed by atoms with Crippen LogP contribution < -0.4 is 5.30 Å². The zero-order valence-corrected chi connectivity index (χ0v) is 26.2. The van der Waals surface area contributed by atoms with Crippen molar-refractivity contribution in [3.8, 4) is 33.4 Å². The van der Waals surface area contributed by atoms with Crippen LogP contribution in [0, 0.1) is 29.1 Å². The number of benzene rings is 5. The van der Waals surface area contributed by atoms with Crippen LogP contribution in [0.15, 0.2) is 97.1 Å². The molecule has 5 rings (SSSR count). The molecule has 0 aliphatic heterocycles. The molecule has 0 N–H and O–H groups in total. The number of halogens is 5. The molecule has 0 nitrogen and oxygen atoms in total. The Hall–Kier alpha value is -3.82. The second-order valence-corrected chi connectivity index (χ2v) is 12.2. The van der Waals surface area contributed by atoms with Crippen molar-refractivity contribution in [2.75, 3.05) is 0 Å². The van der Waals surface area contributed by atoms with E-state index in [0.717, 1.165) is 90.7 Å². The summed E-state index contributed by atoms with van der Waals surface area (Å²) in [6.07, 6.45) is 9.72. The van der Waals surface area contributed by atoms with Gasteiger partial charge in [0.1, 0.15) is 5.82 Å². The number of unbranched alkanes of at least 4 members (excludes halogenated alkanes) is 6. The van der Waals surface area contributed by atoms with Crippen LogP contribution in [0.25, 0.3) is 33.4 Å². The lowest BCUT2D eigenvalue weighted by Crippen LogP contribution is -2.00. The molecule has 0 bridgehead atoms. The first-order valence-electron chi connectivity index (χ1n) is 15.5. The topological polar surface area (TPSA) is 0 Å². The maximum Gasteiger partial charge on any atom is 0.159 e. The molecule has 0 amide bonds. The van der Waals surface area contributed by atoms with E-state index in [1.165, 1.54) is 30.5 Å². The largest absolute Gasteiger partial charge is 0.206 e. The second kappa shape index (κ2) is 15.5. The molecular formula is C39H36F5P. The van der Waals surface area contributed by atoms with Gasteiger partial charge in [0.05, 0.1) is 0 Å². The van der Waals surface area contributed by atoms with Gasteiger partial charge in [0.15, 0.2) is 23.3 Å². The smallest absolute Gasteiger partial charge is 0.159 e. The molecule has 0 aliphatic rings. The average molecular weight is 631 g/mol. The highest BCUT2D eigenvalue weighted by molar-refractivity contribution is 7.28. The molecule has 0 radical (unpaired) electrons. The maximum atomic E-state index is 15.0. The molecular weight excluding hydrogens is 594 g/mol. The Morgan fingerprint density at radius 2 is 0.822 bits per heavy atom. The molecule has 0 aliphatic carbocycles. The minimum absolute atomic E-state index is 0.263. The highest BCUT2D eigenvalue weighted by Gasteiger charge is 2.10. The fourth-order valence-corrected chi connectivity index (χ4v) is 6.18. The molecule has 232 valence electrons. The number of hydrogen-bond acceptors (Lipinski definition) is 0. The monoisotopic (exact) mass is 630 g/mol. The van der Waals surface area contributed by atoms with Gasteiger partial charge in [0.25, 0.3) is 0 Å². The number of rotatable bonds is 13. The van der Waals surface area contributed by atoms with Gasteiger partial charge in [-0.2, -0.15) is 0 Å². The van der Waals surface area contributed by atoms with Gasteiger partial charge < -0.3 is 0 Å². The molecule has 0 heterocycles. The van der Waals surface area contributed by atoms with Gasteiger partial charge in [-0.15, -0.1) is 9.24 Å². The molecule has 1 atom stereocenters. The van der Waals surface area contributed by atoms with E-state index in [0.29, 0.717) is 16.7 Å². The fourth-order valence-electron chi connectivity index (χ4n) is 5.70. The zero-order chi connectivity index (χ0) is 31.8. The van der Waals surface area contributed by atoms with Crippen LogP contribution in [0.5, 0.6) is 0 Å². The van der Waals surface area contributed by atoms with Crippen LogP contribution >= 0.6 is 9.24 Å². The van der Waals surface area contributed by atoms with Crippen molar-refractivity contribution in [1.29, 1.82) is 0 Å². The van der Waals surface area contributed by atoms with Crippen LogP contribution in [0.3, 0.4) is 0 Å². The lowest BCUT2D eigenvalue weighted by molar-refractivity contribution is 0.509. The Morgan fingerprint density at radius 1 is 0.356 bits per heavy atom. The summed E-state index contributed by atoms with van der Waals surface area (Å²) in [6.45, 7) is 0. The van der Waals surface area contributed by atoms with Gasteiger partial charge in [-0.3, -0.25) is 0 Å². The Morgan fingerprint density at radius 3 is 1.38 bits per heavy atom. The molecule has 0 aromatic heterocycles. The molecule has 5 aromatic rings. The lowest BCUT2D eigenvalue weighted by atomic mass is 9.97. The van der Waals surface area contributed by atoms with E-state index in [2.05, 4.69) is 21.4 Å². The summed E-state index contributed by atoms with van der Waals surface area (Å²) in [6, 6.07) is 26.5. The molecule has 5 aromatic carbocycles. The van der Waals surface area contributed by atoms with E-state index < -0.39 is 23.3 Å². The first-order chi connectivity index (χ1) is 21.8. The summed E-state index contributed by atoms with van der Waals surface area (Å²) < 4.78 is 68.7. The highest BCUT2D eigenvalue weighted by atomic mass is 31.0. The predicted molar refractivity (Wildman–Crippen MR) is 178 cm³/mol. The molecule has 45 heavy (non-hydrogen) atoms. The summed E-state index contributed by atoms with van der Waals surface area (Å²) in [7, 11) is 2.70. The molecule has 1 unspecified atom stereocenters. The van der Waals surface area contributed by atoms with Crippen molar-refractivity contribution in [3.05, 3.63) is 137 Å². The highest BCUT2D eigenvalue weighted by Crippen LogP contribution is 2.29. The summed E-state index contributed by atoms with van der Waals surface area (Å²) in [5, 5.41) is 0.976. The third-order valence-electron chi connectivity index (χ3n) is 8.26. The number of aryl methyl sites for hydroxylation is 2. The van der Waals surface area contributed by atoms with Gasteiger partial charge in [-0.05, 0) is 100 Å². The Kier molecular flexibility index (Phi) is 11.2. The van der Waals surface area contributed by atoms with Gasteiger partial charge in [-0.25, -0.2) is 22.0 Å². The average Bonchev–Trinajstić information content (AvgIpc) is 3.03. The lowest BCUT2D eigenvalue weighted by Gasteiger charge is -2.10. The predicted octanol–water partition coefficient (Wildman–Crippen LogP) is 11.4. The van der Waals surface area contributed by atoms with Crippen LogP contribution in [0.2, 0.25) is 0 Å². The van der Waals surface area contributed by atoms with Gasteiger partial charge >= 0.3 is 0 Å². The van der Waals surface area contributed by atoms with Gasteiger partial charge in [-0.1, -0.05) is 98.8 Å². The first-order valence-corrected chi connectivity index (χ1v) is 16.0. The summed E-state index contributed by atoms with van der Waals surface area (Å²) in [5.74, 6) is -3.72. The van der Waals surface area contributed by atoms with E-state index in [4.69, 9.17) is 0 Å². The summed E-state index contributed by atoms with van der Waals surface area (Å²) in [5.41, 5.74) is 6.33. The minimum atomic E-state index is -0.895. The molecule has 0 fully saturated rings. The van der Waals surface area contributed by atoms with E-state index >= 15 is 0 Å². The van der Waals surface area contributed by atoms with E-state index in [9.17, 15) is 22.0 Å². The molecule has 6 heteroatoms. The minimum Gasteiger partial charge on any atom is -0.206 e. The Labute approximate surface area is 264 Å². The SMILES string of the molecule is Fc1ccc(-c2ccc(-c3ccc(CCCCCCCCCc4ccc(-c5ccc(F)c(F)c5)c(P)c4)cc3F)cc2)cc1F. The van der Waals surface area contributed by atoms with E-state index in [1.807, 2.05) is 18.2 Å². The number of hydrogen-bond donors (Lipinski definition) is 0. The van der Waals surface area contributed by atoms with Gasteiger partial charge in [0, 0.05) is 5.56 Å². The normalized spacial score (nSPS) is 11.2. The van der Waals surface area contributed by atoms with E-state index in [-0.39, 0.29) is 5.82 Å². The van der Waals surface area contributed by atoms with Crippen molar-refractivity contribution in [2.45, 2.75) is 57.8 Å². The van der Waals surface area contributed by atoms with Crippen molar-refractivity contribution >= 4 is 14.5 Å². The summed E-state index contributed by atoms with van der Waals surface area (Å²) >= 11 is 0. The Balaban J connectivity index is 0.991. The van der Waals surface area contributed by atoms with Crippen molar-refractivity contribution in [3.63, 3.8) is 0 Å². The summed E-state index contributed by atoms with van der Waals surface area (Å²) in [4.78, 5) is 0. The zero-order valence-electron chi connectivity index (χ0n) is 25.1. The molecule has 0 saturated carbocycles. The standard InChI is InChI=1S/C39H36F5P/c40-34-20-16-30(24-37(34)43)28-12-14-29(15-13-28)32-18-10-26(22-36(32)42)8-6-4-2-1-3-5-7-9-27-11-19-33(39(45)23-27)31-17-21-35(41)38(44)25-31/h10-25H,1-9,45H2. The van der Waals surface area contributed by atoms with Crippen molar-refractivity contribution in [1.82, 2.24) is 0 Å². The first kappa shape index (κ1) is 32.6. The third kappa shape index (κ3) is 8.67. The molecule has 0 spiro atoms. The molecule has 0 saturated heterocycles. The quantitative estimate of drug-likeness (QED) is 0.0690. The maximum absolute atomic E-state index is 15.0. The van der Waals surface area contributed by atoms with E-state index in [1.54, 1.807) is 36.4 Å².